The number of hydrogen-bond donors (Lipinski definition) is 0. The molecule has 0 saturated carbocycles. The first kappa shape index (κ1) is 16.3. The number of alkyl halides is 3. The first-order valence-corrected chi connectivity index (χ1v) is 8.76. The van der Waals surface area contributed by atoms with Gasteiger partial charge >= 0.3 is 6.18 Å². The second-order valence-corrected chi connectivity index (χ2v) is 7.57. The molecule has 0 radical (unpaired) electrons. The SMILES string of the molecule is O=S(=O)(Cc1noc2ccccc12)N1CCC(C(F)(F)F)CC1. The molecule has 126 valence electrons. The van der Waals surface area contributed by atoms with E-state index in [0.717, 1.165) is 4.31 Å². The van der Waals surface area contributed by atoms with Crippen LogP contribution in [0.1, 0.15) is 18.5 Å². The van der Waals surface area contributed by atoms with Crippen molar-refractivity contribution in [2.75, 3.05) is 13.1 Å². The van der Waals surface area contributed by atoms with E-state index in [0.29, 0.717) is 11.0 Å². The maximum absolute atomic E-state index is 12.7. The molecule has 0 spiro atoms. The van der Waals surface area contributed by atoms with Gasteiger partial charge in [0, 0.05) is 18.5 Å². The highest BCUT2D eigenvalue weighted by atomic mass is 32.2. The van der Waals surface area contributed by atoms with E-state index in [1.807, 2.05) is 0 Å². The van der Waals surface area contributed by atoms with Crippen molar-refractivity contribution < 1.29 is 26.1 Å². The number of sulfonamides is 1. The minimum Gasteiger partial charge on any atom is -0.356 e. The third-order valence-corrected chi connectivity index (χ3v) is 5.87. The predicted octanol–water partition coefficient (Wildman–Crippen LogP) is 2.93. The van der Waals surface area contributed by atoms with Crippen LogP contribution in [0, 0.1) is 5.92 Å². The molecule has 2 aromatic rings. The van der Waals surface area contributed by atoms with Crippen LogP contribution in [-0.4, -0.2) is 37.1 Å². The maximum Gasteiger partial charge on any atom is 0.391 e. The molecule has 1 saturated heterocycles. The van der Waals surface area contributed by atoms with Crippen molar-refractivity contribution in [3.63, 3.8) is 0 Å². The molecule has 1 aromatic carbocycles. The van der Waals surface area contributed by atoms with Crippen molar-refractivity contribution in [2.45, 2.75) is 24.8 Å². The van der Waals surface area contributed by atoms with E-state index in [1.54, 1.807) is 24.3 Å². The van der Waals surface area contributed by atoms with Crippen LogP contribution in [0.15, 0.2) is 28.8 Å². The lowest BCUT2D eigenvalue weighted by molar-refractivity contribution is -0.182. The molecule has 0 bridgehead atoms. The number of piperidine rings is 1. The molecule has 9 heteroatoms. The van der Waals surface area contributed by atoms with Crippen LogP contribution < -0.4 is 0 Å². The summed E-state index contributed by atoms with van der Waals surface area (Å²) in [6.07, 6.45) is -4.68. The van der Waals surface area contributed by atoms with Gasteiger partial charge in [0.2, 0.25) is 10.0 Å². The molecule has 1 aliphatic rings. The van der Waals surface area contributed by atoms with Crippen molar-refractivity contribution in [3.05, 3.63) is 30.0 Å². The fraction of sp³-hybridized carbons (Fsp3) is 0.500. The van der Waals surface area contributed by atoms with Gasteiger partial charge in [0.1, 0.15) is 11.4 Å². The number of nitrogens with zero attached hydrogens (tertiary/aromatic N) is 2. The van der Waals surface area contributed by atoms with Gasteiger partial charge in [-0.1, -0.05) is 17.3 Å². The molecule has 0 amide bonds. The van der Waals surface area contributed by atoms with Gasteiger partial charge in [-0.05, 0) is 25.0 Å². The lowest BCUT2D eigenvalue weighted by atomic mass is 9.98. The number of benzene rings is 1. The van der Waals surface area contributed by atoms with Gasteiger partial charge in [0.15, 0.2) is 5.58 Å². The van der Waals surface area contributed by atoms with E-state index in [4.69, 9.17) is 4.52 Å². The van der Waals surface area contributed by atoms with Crippen LogP contribution in [0.5, 0.6) is 0 Å². The standard InChI is InChI=1S/C14H15F3N2O3S/c15-14(16,17)10-5-7-19(8-6-10)23(20,21)9-12-11-3-1-2-4-13(11)22-18-12/h1-4,10H,5-9H2. The Kier molecular flexibility index (Phi) is 4.09. The maximum atomic E-state index is 12.7. The fourth-order valence-corrected chi connectivity index (χ4v) is 4.27. The van der Waals surface area contributed by atoms with Crippen LogP contribution in [0.3, 0.4) is 0 Å². The predicted molar refractivity (Wildman–Crippen MR) is 77.0 cm³/mol. The number of fused-ring (bicyclic) bond motifs is 1. The number of rotatable bonds is 3. The van der Waals surface area contributed by atoms with Gasteiger partial charge in [0.05, 0.1) is 5.92 Å². The lowest BCUT2D eigenvalue weighted by Gasteiger charge is -2.31. The summed E-state index contributed by atoms with van der Waals surface area (Å²) in [6, 6.07) is 6.86. The van der Waals surface area contributed by atoms with Gasteiger partial charge in [-0.15, -0.1) is 0 Å². The summed E-state index contributed by atoms with van der Waals surface area (Å²) in [4.78, 5) is 0. The molecule has 3 rings (SSSR count). The molecule has 2 heterocycles. The van der Waals surface area contributed by atoms with Crippen LogP contribution >= 0.6 is 0 Å². The van der Waals surface area contributed by atoms with Gasteiger partial charge in [-0.3, -0.25) is 0 Å². The van der Waals surface area contributed by atoms with E-state index < -0.39 is 22.1 Å². The molecule has 1 fully saturated rings. The Morgan fingerprint density at radius 2 is 1.87 bits per heavy atom. The Morgan fingerprint density at radius 1 is 1.22 bits per heavy atom. The highest BCUT2D eigenvalue weighted by Gasteiger charge is 2.42. The van der Waals surface area contributed by atoms with Crippen molar-refractivity contribution >= 4 is 21.0 Å². The molecular weight excluding hydrogens is 333 g/mol. The zero-order chi connectivity index (χ0) is 16.7. The zero-order valence-corrected chi connectivity index (χ0v) is 12.9. The number of halogens is 3. The van der Waals surface area contributed by atoms with Crippen molar-refractivity contribution in [2.24, 2.45) is 5.92 Å². The van der Waals surface area contributed by atoms with E-state index in [9.17, 15) is 21.6 Å². The summed E-state index contributed by atoms with van der Waals surface area (Å²) in [6.45, 7) is -0.245. The molecule has 0 aliphatic carbocycles. The zero-order valence-electron chi connectivity index (χ0n) is 12.1. The molecule has 0 unspecified atom stereocenters. The average Bonchev–Trinajstić information content (AvgIpc) is 2.89. The molecule has 0 atom stereocenters. The van der Waals surface area contributed by atoms with Gasteiger partial charge in [-0.25, -0.2) is 12.7 Å². The third kappa shape index (κ3) is 3.35. The second kappa shape index (κ2) is 5.79. The summed E-state index contributed by atoms with van der Waals surface area (Å²) in [7, 11) is -3.72. The Labute approximate surface area is 131 Å². The topological polar surface area (TPSA) is 63.4 Å². The van der Waals surface area contributed by atoms with Crippen molar-refractivity contribution in [1.29, 1.82) is 0 Å². The minimum absolute atomic E-state index is 0.123. The van der Waals surface area contributed by atoms with Crippen LogP contribution in [0.2, 0.25) is 0 Å². The monoisotopic (exact) mass is 348 g/mol. The average molecular weight is 348 g/mol. The summed E-state index contributed by atoms with van der Waals surface area (Å²) < 4.78 is 69.0. The van der Waals surface area contributed by atoms with Crippen molar-refractivity contribution in [1.82, 2.24) is 9.46 Å². The van der Waals surface area contributed by atoms with Crippen LogP contribution in [0.4, 0.5) is 13.2 Å². The number of hydrogen-bond acceptors (Lipinski definition) is 4. The Bertz CT molecular complexity index is 793. The molecule has 5 nitrogen and oxygen atoms in total. The Balaban J connectivity index is 1.73. The van der Waals surface area contributed by atoms with Crippen LogP contribution in [0.25, 0.3) is 11.0 Å². The summed E-state index contributed by atoms with van der Waals surface area (Å²) in [5, 5.41) is 4.37. The second-order valence-electron chi connectivity index (χ2n) is 5.60. The van der Waals surface area contributed by atoms with Gasteiger partial charge in [-0.2, -0.15) is 13.2 Å². The summed E-state index contributed by atoms with van der Waals surface area (Å²) >= 11 is 0. The Morgan fingerprint density at radius 3 is 2.52 bits per heavy atom. The molecule has 1 aliphatic heterocycles. The minimum atomic E-state index is -4.27. The fourth-order valence-electron chi connectivity index (χ4n) is 2.77. The van der Waals surface area contributed by atoms with E-state index in [2.05, 4.69) is 5.16 Å². The summed E-state index contributed by atoms with van der Waals surface area (Å²) in [5.74, 6) is -1.80. The van der Waals surface area contributed by atoms with Crippen molar-refractivity contribution in [3.8, 4) is 0 Å². The van der Waals surface area contributed by atoms with Gasteiger partial charge in [0.25, 0.3) is 0 Å². The molecule has 23 heavy (non-hydrogen) atoms. The number of para-hydroxylation sites is 1. The van der Waals surface area contributed by atoms with E-state index in [1.165, 1.54) is 0 Å². The molecule has 0 N–H and O–H groups in total. The Hall–Kier alpha value is -1.61. The first-order chi connectivity index (χ1) is 10.8. The smallest absolute Gasteiger partial charge is 0.356 e. The number of aromatic nitrogens is 1. The molecule has 1 aromatic heterocycles. The highest BCUT2D eigenvalue weighted by Crippen LogP contribution is 2.35. The van der Waals surface area contributed by atoms with Crippen LogP contribution in [-0.2, 0) is 15.8 Å². The van der Waals surface area contributed by atoms with Gasteiger partial charge < -0.3 is 4.52 Å². The van der Waals surface area contributed by atoms with E-state index in [-0.39, 0.29) is 37.4 Å². The third-order valence-electron chi connectivity index (χ3n) is 4.08. The quantitative estimate of drug-likeness (QED) is 0.856. The summed E-state index contributed by atoms with van der Waals surface area (Å²) in [5.41, 5.74) is 0.757. The largest absolute Gasteiger partial charge is 0.391 e. The first-order valence-electron chi connectivity index (χ1n) is 7.15. The molecular formula is C14H15F3N2O3S. The normalized spacial score (nSPS) is 18.6. The van der Waals surface area contributed by atoms with E-state index >= 15 is 0 Å². The highest BCUT2D eigenvalue weighted by molar-refractivity contribution is 7.88. The lowest BCUT2D eigenvalue weighted by Crippen LogP contribution is -2.42.